The van der Waals surface area contributed by atoms with Gasteiger partial charge in [-0.1, -0.05) is 38.5 Å². The summed E-state index contributed by atoms with van der Waals surface area (Å²) in [6, 6.07) is 6.29. The maximum absolute atomic E-state index is 5.94. The molecule has 1 rings (SSSR count). The van der Waals surface area contributed by atoms with E-state index in [0.717, 1.165) is 5.75 Å². The molecule has 3 nitrogen and oxygen atoms in total. The van der Waals surface area contributed by atoms with Crippen LogP contribution < -0.4 is 4.74 Å². The highest BCUT2D eigenvalue weighted by Crippen LogP contribution is 2.32. The quantitative estimate of drug-likeness (QED) is 0.705. The minimum absolute atomic E-state index is 0.0497. The first-order valence-electron chi connectivity index (χ1n) is 7.35. The Hall–Kier alpha value is -1.06. The molecule has 1 aromatic carbocycles. The molecule has 0 aliphatic heterocycles. The standard InChI is InChI=1S/C17H28O3/c1-7-18-16(19-8-2)12-20-15-10-9-13(3)11-14(15)17(4,5)6/h9-11,16H,7-8,12H2,1-6H3. The third-order valence-corrected chi connectivity index (χ3v) is 3.02. The Morgan fingerprint density at radius 3 is 2.15 bits per heavy atom. The van der Waals surface area contributed by atoms with Crippen LogP contribution in [0.25, 0.3) is 0 Å². The smallest absolute Gasteiger partial charge is 0.191 e. The summed E-state index contributed by atoms with van der Waals surface area (Å²) in [7, 11) is 0. The maximum atomic E-state index is 5.94. The molecule has 0 radical (unpaired) electrons. The SMILES string of the molecule is CCOC(COc1ccc(C)cc1C(C)(C)C)OCC. The van der Waals surface area contributed by atoms with Crippen molar-refractivity contribution >= 4 is 0 Å². The first kappa shape index (κ1) is 17.0. The van der Waals surface area contributed by atoms with Crippen LogP contribution in [0, 0.1) is 6.92 Å². The molecule has 0 amide bonds. The summed E-state index contributed by atoms with van der Waals surface area (Å²) in [5.74, 6) is 0.910. The van der Waals surface area contributed by atoms with Gasteiger partial charge in [0.25, 0.3) is 0 Å². The summed E-state index contributed by atoms with van der Waals surface area (Å²) in [5.41, 5.74) is 2.51. The largest absolute Gasteiger partial charge is 0.488 e. The van der Waals surface area contributed by atoms with E-state index in [4.69, 9.17) is 14.2 Å². The van der Waals surface area contributed by atoms with Crippen molar-refractivity contribution in [1.29, 1.82) is 0 Å². The van der Waals surface area contributed by atoms with Crippen LogP contribution in [-0.2, 0) is 14.9 Å². The molecule has 0 heterocycles. The van der Waals surface area contributed by atoms with Crippen molar-refractivity contribution in [3.8, 4) is 5.75 Å². The summed E-state index contributed by atoms with van der Waals surface area (Å²) in [4.78, 5) is 0. The summed E-state index contributed by atoms with van der Waals surface area (Å²) in [6.45, 7) is 14.2. The van der Waals surface area contributed by atoms with Gasteiger partial charge in [-0.25, -0.2) is 0 Å². The van der Waals surface area contributed by atoms with Crippen LogP contribution in [0.2, 0.25) is 0 Å². The van der Waals surface area contributed by atoms with Crippen LogP contribution in [0.4, 0.5) is 0 Å². The summed E-state index contributed by atoms with van der Waals surface area (Å²) in [5, 5.41) is 0. The van der Waals surface area contributed by atoms with Gasteiger partial charge in [-0.05, 0) is 37.8 Å². The van der Waals surface area contributed by atoms with E-state index >= 15 is 0 Å². The fraction of sp³-hybridized carbons (Fsp3) is 0.647. The van der Waals surface area contributed by atoms with E-state index in [1.165, 1.54) is 11.1 Å². The normalized spacial score (nSPS) is 11.9. The van der Waals surface area contributed by atoms with Crippen molar-refractivity contribution in [2.75, 3.05) is 19.8 Å². The average molecular weight is 280 g/mol. The lowest BCUT2D eigenvalue weighted by Crippen LogP contribution is -2.26. The number of hydrogen-bond acceptors (Lipinski definition) is 3. The Balaban J connectivity index is 2.81. The molecular formula is C17H28O3. The van der Waals surface area contributed by atoms with Crippen LogP contribution in [0.5, 0.6) is 5.75 Å². The molecular weight excluding hydrogens is 252 g/mol. The van der Waals surface area contributed by atoms with Crippen LogP contribution in [0.1, 0.15) is 45.7 Å². The summed E-state index contributed by atoms with van der Waals surface area (Å²) < 4.78 is 16.9. The second-order valence-electron chi connectivity index (χ2n) is 5.90. The van der Waals surface area contributed by atoms with Gasteiger partial charge in [0.2, 0.25) is 0 Å². The molecule has 20 heavy (non-hydrogen) atoms. The summed E-state index contributed by atoms with van der Waals surface area (Å²) in [6.07, 6.45) is -0.306. The fourth-order valence-corrected chi connectivity index (χ4v) is 2.03. The van der Waals surface area contributed by atoms with E-state index < -0.39 is 0 Å². The van der Waals surface area contributed by atoms with Crippen molar-refractivity contribution < 1.29 is 14.2 Å². The van der Waals surface area contributed by atoms with Gasteiger partial charge in [0.05, 0.1) is 0 Å². The Bertz CT molecular complexity index is 401. The third kappa shape index (κ3) is 5.14. The fourth-order valence-electron chi connectivity index (χ4n) is 2.03. The van der Waals surface area contributed by atoms with Gasteiger partial charge in [0.15, 0.2) is 6.29 Å². The van der Waals surface area contributed by atoms with Crippen LogP contribution in [0.3, 0.4) is 0 Å². The predicted octanol–water partition coefficient (Wildman–Crippen LogP) is 4.07. The van der Waals surface area contributed by atoms with Crippen LogP contribution in [0.15, 0.2) is 18.2 Å². The minimum atomic E-state index is -0.306. The highest BCUT2D eigenvalue weighted by atomic mass is 16.7. The zero-order valence-corrected chi connectivity index (χ0v) is 13.7. The molecule has 0 unspecified atom stereocenters. The van der Waals surface area contributed by atoms with E-state index in [1.54, 1.807) is 0 Å². The van der Waals surface area contributed by atoms with E-state index in [2.05, 4.69) is 39.8 Å². The first-order valence-corrected chi connectivity index (χ1v) is 7.35. The van der Waals surface area contributed by atoms with Crippen molar-refractivity contribution in [3.05, 3.63) is 29.3 Å². The first-order chi connectivity index (χ1) is 9.38. The Kier molecular flexibility index (Phi) is 6.50. The molecule has 0 spiro atoms. The molecule has 0 N–H and O–H groups in total. The molecule has 0 saturated carbocycles. The molecule has 1 aromatic rings. The molecule has 0 fully saturated rings. The Morgan fingerprint density at radius 1 is 1.05 bits per heavy atom. The molecule has 0 aromatic heterocycles. The predicted molar refractivity (Wildman–Crippen MR) is 82.4 cm³/mol. The van der Waals surface area contributed by atoms with E-state index in [0.29, 0.717) is 19.8 Å². The second-order valence-corrected chi connectivity index (χ2v) is 5.90. The lowest BCUT2D eigenvalue weighted by atomic mass is 9.85. The maximum Gasteiger partial charge on any atom is 0.191 e. The minimum Gasteiger partial charge on any atom is -0.488 e. The van der Waals surface area contributed by atoms with Gasteiger partial charge < -0.3 is 14.2 Å². The third-order valence-electron chi connectivity index (χ3n) is 3.02. The van der Waals surface area contributed by atoms with Crippen LogP contribution in [-0.4, -0.2) is 26.1 Å². The highest BCUT2D eigenvalue weighted by molar-refractivity contribution is 5.41. The Morgan fingerprint density at radius 2 is 1.65 bits per heavy atom. The van der Waals surface area contributed by atoms with Crippen molar-refractivity contribution in [2.24, 2.45) is 0 Å². The molecule has 0 saturated heterocycles. The number of rotatable bonds is 7. The topological polar surface area (TPSA) is 27.7 Å². The van der Waals surface area contributed by atoms with E-state index in [1.807, 2.05) is 19.9 Å². The number of ether oxygens (including phenoxy) is 3. The average Bonchev–Trinajstić information content (AvgIpc) is 2.36. The number of hydrogen-bond donors (Lipinski definition) is 0. The van der Waals surface area contributed by atoms with Crippen molar-refractivity contribution in [3.63, 3.8) is 0 Å². The number of aryl methyl sites for hydroxylation is 1. The van der Waals surface area contributed by atoms with Gasteiger partial charge >= 0.3 is 0 Å². The lowest BCUT2D eigenvalue weighted by molar-refractivity contribution is -0.152. The molecule has 114 valence electrons. The van der Waals surface area contributed by atoms with Crippen molar-refractivity contribution in [2.45, 2.75) is 53.2 Å². The molecule has 0 aliphatic carbocycles. The number of benzene rings is 1. The lowest BCUT2D eigenvalue weighted by Gasteiger charge is -2.25. The van der Waals surface area contributed by atoms with E-state index in [9.17, 15) is 0 Å². The second kappa shape index (κ2) is 7.65. The van der Waals surface area contributed by atoms with Gasteiger partial charge in [0.1, 0.15) is 12.4 Å². The molecule has 3 heteroatoms. The summed E-state index contributed by atoms with van der Waals surface area (Å²) >= 11 is 0. The van der Waals surface area contributed by atoms with E-state index in [-0.39, 0.29) is 11.7 Å². The monoisotopic (exact) mass is 280 g/mol. The van der Waals surface area contributed by atoms with Crippen LogP contribution >= 0.6 is 0 Å². The molecule has 0 aliphatic rings. The van der Waals surface area contributed by atoms with Gasteiger partial charge in [-0.15, -0.1) is 0 Å². The molecule has 0 bridgehead atoms. The van der Waals surface area contributed by atoms with Gasteiger partial charge in [0, 0.05) is 13.2 Å². The molecule has 0 atom stereocenters. The highest BCUT2D eigenvalue weighted by Gasteiger charge is 2.20. The van der Waals surface area contributed by atoms with Gasteiger partial charge in [-0.3, -0.25) is 0 Å². The Labute approximate surface area is 123 Å². The van der Waals surface area contributed by atoms with Crippen molar-refractivity contribution in [1.82, 2.24) is 0 Å². The zero-order chi connectivity index (χ0) is 15.2. The van der Waals surface area contributed by atoms with Gasteiger partial charge in [-0.2, -0.15) is 0 Å². The zero-order valence-electron chi connectivity index (χ0n) is 13.7.